The van der Waals surface area contributed by atoms with Crippen LogP contribution in [0.3, 0.4) is 0 Å². The van der Waals surface area contributed by atoms with E-state index < -0.39 is 29.3 Å². The summed E-state index contributed by atoms with van der Waals surface area (Å²) < 4.78 is 22.3. The molecule has 3 aliphatic rings. The minimum Gasteiger partial charge on any atom is -0.481 e. The van der Waals surface area contributed by atoms with Crippen LogP contribution in [0.15, 0.2) is 0 Å². The van der Waals surface area contributed by atoms with Crippen molar-refractivity contribution in [3.8, 4) is 0 Å². The number of aliphatic carboxylic acids is 1. The number of carbonyl (C=O) groups is 2. The Labute approximate surface area is 196 Å². The molecule has 0 bridgehead atoms. The summed E-state index contributed by atoms with van der Waals surface area (Å²) in [4.78, 5) is 30.0. The van der Waals surface area contributed by atoms with E-state index in [1.807, 2.05) is 34.6 Å². The molecule has 3 fully saturated rings. The zero-order valence-corrected chi connectivity index (χ0v) is 20.1. The van der Waals surface area contributed by atoms with Gasteiger partial charge in [0, 0.05) is 24.4 Å². The number of rotatable bonds is 4. The van der Waals surface area contributed by atoms with Gasteiger partial charge in [-0.2, -0.15) is 5.10 Å². The van der Waals surface area contributed by atoms with Crippen LogP contribution < -0.4 is 0 Å². The molecule has 10 heteroatoms. The van der Waals surface area contributed by atoms with E-state index in [9.17, 15) is 14.7 Å². The number of carbonyl (C=O) groups excluding carboxylic acids is 1. The van der Waals surface area contributed by atoms with Gasteiger partial charge in [0.05, 0.1) is 23.3 Å². The Balaban J connectivity index is 1.51. The molecule has 2 aliphatic carbocycles. The molecule has 4 unspecified atom stereocenters. The molecule has 33 heavy (non-hydrogen) atoms. The molecule has 5 rings (SSSR count). The lowest BCUT2D eigenvalue weighted by Crippen LogP contribution is -2.36. The topological polar surface area (TPSA) is 97.6 Å². The van der Waals surface area contributed by atoms with Crippen molar-refractivity contribution in [1.29, 1.82) is 0 Å². The van der Waals surface area contributed by atoms with Crippen molar-refractivity contribution in [2.45, 2.75) is 64.5 Å². The van der Waals surface area contributed by atoms with Crippen LogP contribution in [0.2, 0.25) is 5.15 Å². The summed E-state index contributed by atoms with van der Waals surface area (Å²) in [6.45, 7) is 10.6. The summed E-state index contributed by atoms with van der Waals surface area (Å²) in [5.41, 5.74) is 1.10. The van der Waals surface area contributed by atoms with Gasteiger partial charge < -0.3 is 14.7 Å². The van der Waals surface area contributed by atoms with Crippen LogP contribution in [0, 0.1) is 23.6 Å². The van der Waals surface area contributed by atoms with Crippen molar-refractivity contribution in [3.63, 3.8) is 0 Å². The molecule has 178 valence electrons. The standard InChI is InChI=1S/C23H28ClFN4O4/c1-9(2)17-15-18(14-11-7-28(8-12(11)14)22(32)33-23(3,4)5)27-29(13-6-10(13)21(30)31)19(15)16(25)20(24)26-17/h9-14H,6-8H2,1-5H3,(H,30,31). The number of likely N-dealkylation sites (tertiary alicyclic amines) is 1. The number of aromatic nitrogens is 3. The molecule has 0 aromatic carbocycles. The fraction of sp³-hybridized carbons (Fsp3) is 0.652. The van der Waals surface area contributed by atoms with Gasteiger partial charge in [0.1, 0.15) is 11.1 Å². The Morgan fingerprint density at radius 3 is 2.39 bits per heavy atom. The molecule has 3 heterocycles. The predicted octanol–water partition coefficient (Wildman–Crippen LogP) is 4.57. The molecule has 0 spiro atoms. The van der Waals surface area contributed by atoms with Crippen molar-refractivity contribution in [3.05, 3.63) is 22.4 Å². The second kappa shape index (κ2) is 7.29. The molecular formula is C23H28ClFN4O4. The Hall–Kier alpha value is -2.42. The number of ether oxygens (including phenoxy) is 1. The Morgan fingerprint density at radius 1 is 1.24 bits per heavy atom. The zero-order chi connectivity index (χ0) is 24.0. The second-order valence-corrected chi connectivity index (χ2v) is 11.2. The van der Waals surface area contributed by atoms with Crippen molar-refractivity contribution in [1.82, 2.24) is 19.7 Å². The molecule has 0 radical (unpaired) electrons. The van der Waals surface area contributed by atoms with Crippen LogP contribution in [0.5, 0.6) is 0 Å². The Morgan fingerprint density at radius 2 is 1.88 bits per heavy atom. The fourth-order valence-electron chi connectivity index (χ4n) is 5.24. The van der Waals surface area contributed by atoms with Gasteiger partial charge in [0.25, 0.3) is 0 Å². The van der Waals surface area contributed by atoms with E-state index in [1.165, 1.54) is 4.68 Å². The van der Waals surface area contributed by atoms with Crippen molar-refractivity contribution in [2.24, 2.45) is 17.8 Å². The van der Waals surface area contributed by atoms with Gasteiger partial charge in [0.15, 0.2) is 11.0 Å². The molecule has 4 atom stereocenters. The van der Waals surface area contributed by atoms with Gasteiger partial charge in [-0.1, -0.05) is 25.4 Å². The van der Waals surface area contributed by atoms with Crippen molar-refractivity contribution < 1.29 is 23.8 Å². The second-order valence-electron chi connectivity index (χ2n) is 10.8. The van der Waals surface area contributed by atoms with Gasteiger partial charge >= 0.3 is 12.1 Å². The van der Waals surface area contributed by atoms with Crippen LogP contribution in [0.1, 0.15) is 70.3 Å². The highest BCUT2D eigenvalue weighted by Gasteiger charge is 2.60. The molecule has 8 nitrogen and oxygen atoms in total. The lowest BCUT2D eigenvalue weighted by atomic mass is 10.0. The van der Waals surface area contributed by atoms with Gasteiger partial charge in [-0.15, -0.1) is 0 Å². The highest BCUT2D eigenvalue weighted by atomic mass is 35.5. The van der Waals surface area contributed by atoms with Crippen molar-refractivity contribution in [2.75, 3.05) is 13.1 Å². The van der Waals surface area contributed by atoms with E-state index in [0.29, 0.717) is 30.6 Å². The number of carboxylic acid groups (broad SMARTS) is 1. The number of hydrogen-bond donors (Lipinski definition) is 1. The molecule has 1 amide bonds. The van der Waals surface area contributed by atoms with E-state index in [0.717, 1.165) is 5.69 Å². The van der Waals surface area contributed by atoms with E-state index >= 15 is 4.39 Å². The van der Waals surface area contributed by atoms with E-state index in [-0.39, 0.29) is 40.4 Å². The van der Waals surface area contributed by atoms with Crippen LogP contribution in [0.4, 0.5) is 9.18 Å². The minimum atomic E-state index is -0.911. The largest absolute Gasteiger partial charge is 0.481 e. The van der Waals surface area contributed by atoms with Gasteiger partial charge in [-0.05, 0) is 44.9 Å². The number of amides is 1. The van der Waals surface area contributed by atoms with E-state index in [4.69, 9.17) is 21.4 Å². The number of pyridine rings is 1. The molecule has 1 aliphatic heterocycles. The maximum atomic E-state index is 15.3. The Bertz CT molecular complexity index is 1160. The van der Waals surface area contributed by atoms with Gasteiger partial charge in [-0.3, -0.25) is 9.48 Å². The number of carboxylic acids is 1. The predicted molar refractivity (Wildman–Crippen MR) is 119 cm³/mol. The highest BCUT2D eigenvalue weighted by Crippen LogP contribution is 2.60. The summed E-state index contributed by atoms with van der Waals surface area (Å²) in [7, 11) is 0. The van der Waals surface area contributed by atoms with Crippen LogP contribution in [-0.4, -0.2) is 55.5 Å². The lowest BCUT2D eigenvalue weighted by Gasteiger charge is -2.25. The molecular weight excluding hydrogens is 451 g/mol. The average molecular weight is 479 g/mol. The number of piperidine rings is 1. The first-order valence-corrected chi connectivity index (χ1v) is 11.7. The number of hydrogen-bond acceptors (Lipinski definition) is 5. The first-order valence-electron chi connectivity index (χ1n) is 11.4. The quantitative estimate of drug-likeness (QED) is 0.646. The summed E-state index contributed by atoms with van der Waals surface area (Å²) in [6, 6.07) is -0.399. The first-order chi connectivity index (χ1) is 15.4. The fourth-order valence-corrected chi connectivity index (χ4v) is 5.42. The third-order valence-electron chi connectivity index (χ3n) is 6.90. The maximum Gasteiger partial charge on any atom is 0.410 e. The lowest BCUT2D eigenvalue weighted by molar-refractivity contribution is -0.138. The number of halogens is 2. The normalized spacial score (nSPS) is 28.4. The van der Waals surface area contributed by atoms with Crippen LogP contribution >= 0.6 is 11.6 Å². The number of nitrogens with zero attached hydrogens (tertiary/aromatic N) is 4. The van der Waals surface area contributed by atoms with Gasteiger partial charge in [0.2, 0.25) is 0 Å². The summed E-state index contributed by atoms with van der Waals surface area (Å²) >= 11 is 6.14. The summed E-state index contributed by atoms with van der Waals surface area (Å²) in [6.07, 6.45) is 0.0831. The summed E-state index contributed by atoms with van der Waals surface area (Å²) in [5.74, 6) is -1.70. The molecule has 1 N–H and O–H groups in total. The van der Waals surface area contributed by atoms with Crippen molar-refractivity contribution >= 4 is 34.6 Å². The third-order valence-corrected chi connectivity index (χ3v) is 7.15. The minimum absolute atomic E-state index is 0.0201. The molecule has 1 saturated heterocycles. The molecule has 2 saturated carbocycles. The Kier molecular flexibility index (Phi) is 4.94. The van der Waals surface area contributed by atoms with Gasteiger partial charge in [-0.25, -0.2) is 14.2 Å². The maximum absolute atomic E-state index is 15.3. The van der Waals surface area contributed by atoms with E-state index in [2.05, 4.69) is 4.98 Å². The highest BCUT2D eigenvalue weighted by molar-refractivity contribution is 6.30. The molecule has 2 aromatic heterocycles. The average Bonchev–Trinajstić information content (AvgIpc) is 3.54. The first kappa shape index (κ1) is 22.4. The molecule has 2 aromatic rings. The monoisotopic (exact) mass is 478 g/mol. The summed E-state index contributed by atoms with van der Waals surface area (Å²) in [5, 5.41) is 14.6. The van der Waals surface area contributed by atoms with Crippen LogP contribution in [0.25, 0.3) is 10.9 Å². The SMILES string of the molecule is CC(C)c1nc(Cl)c(F)c2c1c(C1C3CN(C(=O)OC(C)(C)C)CC31)nn2C1CC1C(=O)O. The third kappa shape index (κ3) is 3.64. The smallest absolute Gasteiger partial charge is 0.410 e. The van der Waals surface area contributed by atoms with E-state index in [1.54, 1.807) is 4.90 Å². The number of fused-ring (bicyclic) bond motifs is 2. The van der Waals surface area contributed by atoms with Crippen LogP contribution in [-0.2, 0) is 9.53 Å². The zero-order valence-electron chi connectivity index (χ0n) is 19.3.